The minimum atomic E-state index is -0.121. The van der Waals surface area contributed by atoms with Crippen molar-refractivity contribution in [2.24, 2.45) is 0 Å². The molecule has 0 bridgehead atoms. The summed E-state index contributed by atoms with van der Waals surface area (Å²) in [6.07, 6.45) is 5.01. The van der Waals surface area contributed by atoms with E-state index in [1.807, 2.05) is 0 Å². The van der Waals surface area contributed by atoms with Gasteiger partial charge < -0.3 is 4.90 Å². The number of rotatable bonds is 3. The molecule has 1 aliphatic rings. The molecule has 0 atom stereocenters. The number of carbonyl (C=O) groups excluding carboxylic acids is 2. The van der Waals surface area contributed by atoms with Crippen molar-refractivity contribution in [1.82, 2.24) is 4.90 Å². The van der Waals surface area contributed by atoms with Crippen LogP contribution in [0.4, 0.5) is 0 Å². The predicted molar refractivity (Wildman–Crippen MR) is 61.8 cm³/mol. The van der Waals surface area contributed by atoms with Crippen LogP contribution in [0.3, 0.4) is 0 Å². The highest BCUT2D eigenvalue weighted by Crippen LogP contribution is 1.90. The van der Waals surface area contributed by atoms with Crippen molar-refractivity contribution in [2.45, 2.75) is 20.8 Å². The number of carbonyl (C=O) groups is 2. The van der Waals surface area contributed by atoms with E-state index < -0.39 is 0 Å². The van der Waals surface area contributed by atoms with Crippen molar-refractivity contribution in [2.75, 3.05) is 19.6 Å². The number of nitrogens with zero attached hydrogens (tertiary/aromatic N) is 1. The van der Waals surface area contributed by atoms with Crippen LogP contribution in [0.1, 0.15) is 20.8 Å². The Bertz CT molecular complexity index is 219. The van der Waals surface area contributed by atoms with Crippen molar-refractivity contribution < 1.29 is 9.59 Å². The molecule has 0 radical (unpaired) electrons. The van der Waals surface area contributed by atoms with E-state index in [9.17, 15) is 9.59 Å². The molecule has 0 fully saturated rings. The lowest BCUT2D eigenvalue weighted by atomic mass is 10.2. The first-order valence-electron chi connectivity index (χ1n) is 5.30. The highest BCUT2D eigenvalue weighted by molar-refractivity contribution is 6.14. The Morgan fingerprint density at radius 2 is 1.07 bits per heavy atom. The lowest BCUT2D eigenvalue weighted by Crippen LogP contribution is -2.21. The quantitative estimate of drug-likeness (QED) is 0.662. The van der Waals surface area contributed by atoms with Gasteiger partial charge in [0.1, 0.15) is 0 Å². The summed E-state index contributed by atoms with van der Waals surface area (Å²) in [5.74, 6) is -0.241. The summed E-state index contributed by atoms with van der Waals surface area (Å²) in [6.45, 7) is 10.1. The smallest absolute Gasteiger partial charge is 0.178 e. The monoisotopic (exact) mass is 209 g/mol. The number of ketones is 2. The first-order chi connectivity index (χ1) is 7.13. The van der Waals surface area contributed by atoms with Gasteiger partial charge in [-0.05, 0) is 43.9 Å². The van der Waals surface area contributed by atoms with E-state index in [2.05, 4.69) is 25.7 Å². The van der Waals surface area contributed by atoms with Crippen molar-refractivity contribution in [3.05, 3.63) is 24.3 Å². The maximum absolute atomic E-state index is 10.3. The Kier molecular flexibility index (Phi) is 7.46. The van der Waals surface area contributed by atoms with E-state index in [4.69, 9.17) is 0 Å². The van der Waals surface area contributed by atoms with Crippen molar-refractivity contribution in [1.29, 1.82) is 0 Å². The zero-order valence-corrected chi connectivity index (χ0v) is 9.69. The summed E-state index contributed by atoms with van der Waals surface area (Å²) >= 11 is 0. The van der Waals surface area contributed by atoms with Crippen LogP contribution in [0.5, 0.6) is 0 Å². The largest absolute Gasteiger partial charge is 0.304 e. The average molecular weight is 209 g/mol. The minimum Gasteiger partial charge on any atom is -0.304 e. The van der Waals surface area contributed by atoms with E-state index in [1.165, 1.54) is 43.9 Å². The van der Waals surface area contributed by atoms with Gasteiger partial charge >= 0.3 is 0 Å². The lowest BCUT2D eigenvalue weighted by molar-refractivity contribution is -0.113. The van der Waals surface area contributed by atoms with Crippen LogP contribution < -0.4 is 0 Å². The van der Waals surface area contributed by atoms with Gasteiger partial charge in [0.15, 0.2) is 11.6 Å². The molecule has 0 heterocycles. The van der Waals surface area contributed by atoms with Crippen LogP contribution in [0.2, 0.25) is 0 Å². The Morgan fingerprint density at radius 1 is 0.800 bits per heavy atom. The van der Waals surface area contributed by atoms with Gasteiger partial charge in [0.05, 0.1) is 0 Å². The molecular weight excluding hydrogens is 190 g/mol. The number of allylic oxidation sites excluding steroid dienone is 4. The van der Waals surface area contributed by atoms with Gasteiger partial charge in [0, 0.05) is 0 Å². The molecule has 0 N–H and O–H groups in total. The van der Waals surface area contributed by atoms with Crippen LogP contribution in [0, 0.1) is 0 Å². The fraction of sp³-hybridized carbons (Fsp3) is 0.500. The van der Waals surface area contributed by atoms with E-state index in [0.29, 0.717) is 0 Å². The molecular formula is C12H19NO2. The van der Waals surface area contributed by atoms with Gasteiger partial charge in [-0.25, -0.2) is 0 Å². The SMILES string of the molecule is CCN(CC)CC.O=C1C=CC(=O)C=C1. The molecule has 0 spiro atoms. The third-order valence-corrected chi connectivity index (χ3v) is 2.17. The first-order valence-corrected chi connectivity index (χ1v) is 5.30. The van der Waals surface area contributed by atoms with Crippen LogP contribution in [0.15, 0.2) is 24.3 Å². The summed E-state index contributed by atoms with van der Waals surface area (Å²) < 4.78 is 0. The summed E-state index contributed by atoms with van der Waals surface area (Å²) in [4.78, 5) is 22.9. The van der Waals surface area contributed by atoms with E-state index in [0.717, 1.165) is 0 Å². The Labute approximate surface area is 91.5 Å². The molecule has 0 aromatic rings. The van der Waals surface area contributed by atoms with Gasteiger partial charge in [0.2, 0.25) is 0 Å². The topological polar surface area (TPSA) is 37.4 Å². The molecule has 84 valence electrons. The minimum absolute atomic E-state index is 0.121. The Balaban J connectivity index is 0.000000265. The molecule has 15 heavy (non-hydrogen) atoms. The molecule has 0 saturated heterocycles. The molecule has 0 aliphatic heterocycles. The second kappa shape index (κ2) is 8.12. The van der Waals surface area contributed by atoms with E-state index >= 15 is 0 Å². The second-order valence-electron chi connectivity index (χ2n) is 3.09. The summed E-state index contributed by atoms with van der Waals surface area (Å²) in [5.41, 5.74) is 0. The third-order valence-electron chi connectivity index (χ3n) is 2.17. The van der Waals surface area contributed by atoms with Crippen molar-refractivity contribution >= 4 is 11.6 Å². The maximum Gasteiger partial charge on any atom is 0.178 e. The summed E-state index contributed by atoms with van der Waals surface area (Å²) in [6, 6.07) is 0. The summed E-state index contributed by atoms with van der Waals surface area (Å²) in [5, 5.41) is 0. The fourth-order valence-electron chi connectivity index (χ4n) is 1.11. The average Bonchev–Trinajstić information content (AvgIpc) is 2.26. The molecule has 0 saturated carbocycles. The number of hydrogen-bond donors (Lipinski definition) is 0. The van der Waals surface area contributed by atoms with Crippen LogP contribution in [-0.4, -0.2) is 36.1 Å². The molecule has 1 aliphatic carbocycles. The molecule has 0 aromatic heterocycles. The molecule has 3 heteroatoms. The predicted octanol–water partition coefficient (Wildman–Crippen LogP) is 1.60. The van der Waals surface area contributed by atoms with Gasteiger partial charge in [-0.2, -0.15) is 0 Å². The lowest BCUT2D eigenvalue weighted by Gasteiger charge is -2.13. The van der Waals surface area contributed by atoms with Crippen molar-refractivity contribution in [3.8, 4) is 0 Å². The number of hydrogen-bond acceptors (Lipinski definition) is 3. The Morgan fingerprint density at radius 3 is 1.20 bits per heavy atom. The molecule has 0 unspecified atom stereocenters. The molecule has 0 aromatic carbocycles. The zero-order valence-electron chi connectivity index (χ0n) is 9.69. The molecule has 0 amide bonds. The highest BCUT2D eigenvalue weighted by Gasteiger charge is 1.97. The van der Waals surface area contributed by atoms with Gasteiger partial charge in [0.25, 0.3) is 0 Å². The van der Waals surface area contributed by atoms with Crippen LogP contribution >= 0.6 is 0 Å². The Hall–Kier alpha value is -1.22. The fourth-order valence-corrected chi connectivity index (χ4v) is 1.11. The van der Waals surface area contributed by atoms with E-state index in [-0.39, 0.29) is 11.6 Å². The maximum atomic E-state index is 10.3. The molecule has 1 rings (SSSR count). The third kappa shape index (κ3) is 6.80. The van der Waals surface area contributed by atoms with Crippen LogP contribution in [0.25, 0.3) is 0 Å². The highest BCUT2D eigenvalue weighted by atomic mass is 16.1. The van der Waals surface area contributed by atoms with Gasteiger partial charge in [-0.3, -0.25) is 9.59 Å². The van der Waals surface area contributed by atoms with Crippen LogP contribution in [-0.2, 0) is 9.59 Å². The van der Waals surface area contributed by atoms with Gasteiger partial charge in [-0.1, -0.05) is 20.8 Å². The van der Waals surface area contributed by atoms with E-state index in [1.54, 1.807) is 0 Å². The standard InChI is InChI=1S/C6H15N.C6H4O2/c1-4-7(5-2)6-3;7-5-1-2-6(8)4-3-5/h4-6H2,1-3H3;1-4H. The molecule has 3 nitrogen and oxygen atoms in total. The van der Waals surface area contributed by atoms with Gasteiger partial charge in [-0.15, -0.1) is 0 Å². The zero-order chi connectivity index (χ0) is 11.7. The second-order valence-corrected chi connectivity index (χ2v) is 3.09. The first kappa shape index (κ1) is 13.8. The normalized spacial score (nSPS) is 14.1. The van der Waals surface area contributed by atoms with Crippen molar-refractivity contribution in [3.63, 3.8) is 0 Å². The summed E-state index contributed by atoms with van der Waals surface area (Å²) in [7, 11) is 0.